The van der Waals surface area contributed by atoms with Crippen LogP contribution in [-0.2, 0) is 14.3 Å². The van der Waals surface area contributed by atoms with E-state index in [1.165, 1.54) is 0 Å². The number of fused-ring (bicyclic) bond motifs is 1. The highest BCUT2D eigenvalue weighted by molar-refractivity contribution is 5.93. The van der Waals surface area contributed by atoms with Crippen LogP contribution in [0, 0.1) is 17.3 Å². The van der Waals surface area contributed by atoms with Gasteiger partial charge in [0.05, 0.1) is 24.5 Å². The summed E-state index contributed by atoms with van der Waals surface area (Å²) in [4.78, 5) is 41.3. The van der Waals surface area contributed by atoms with Crippen LogP contribution >= 0.6 is 0 Å². The molecule has 5 heterocycles. The van der Waals surface area contributed by atoms with Crippen molar-refractivity contribution in [2.45, 2.75) is 32.5 Å². The summed E-state index contributed by atoms with van der Waals surface area (Å²) in [6, 6.07) is 1.79. The van der Waals surface area contributed by atoms with Gasteiger partial charge in [0, 0.05) is 45.1 Å². The van der Waals surface area contributed by atoms with Crippen molar-refractivity contribution in [2.75, 3.05) is 44.2 Å². The number of ether oxygens (including phenoxy) is 1. The van der Waals surface area contributed by atoms with Gasteiger partial charge in [0.25, 0.3) is 0 Å². The van der Waals surface area contributed by atoms with Gasteiger partial charge in [-0.25, -0.2) is 9.97 Å². The Morgan fingerprint density at radius 3 is 2.57 bits per heavy atom. The van der Waals surface area contributed by atoms with Crippen molar-refractivity contribution in [3.8, 4) is 0 Å². The van der Waals surface area contributed by atoms with E-state index in [-0.39, 0.29) is 23.3 Å². The average molecular weight is 412 g/mol. The van der Waals surface area contributed by atoms with Crippen molar-refractivity contribution in [3.05, 3.63) is 30.6 Å². The largest absolute Gasteiger partial charge is 0.360 e. The second kappa shape index (κ2) is 6.77. The number of carbonyl (C=O) groups excluding carboxylic acids is 2. The Kier molecular flexibility index (Phi) is 4.39. The van der Waals surface area contributed by atoms with Crippen LogP contribution in [0.3, 0.4) is 0 Å². The van der Waals surface area contributed by atoms with Crippen molar-refractivity contribution in [1.82, 2.24) is 19.8 Å². The second-order valence-electron chi connectivity index (χ2n) is 10.0. The first-order valence-corrected chi connectivity index (χ1v) is 10.7. The fourth-order valence-corrected chi connectivity index (χ4v) is 5.36. The van der Waals surface area contributed by atoms with Gasteiger partial charge in [-0.05, 0) is 11.5 Å². The minimum atomic E-state index is -0.632. The van der Waals surface area contributed by atoms with Crippen molar-refractivity contribution < 1.29 is 14.3 Å². The molecule has 160 valence electrons. The zero-order valence-electron chi connectivity index (χ0n) is 17.8. The molecule has 0 aromatic carbocycles. The molecule has 4 atom stereocenters. The molecule has 8 heteroatoms. The third-order valence-electron chi connectivity index (χ3n) is 6.56. The maximum atomic E-state index is 13.5. The van der Waals surface area contributed by atoms with E-state index in [2.05, 4.69) is 35.6 Å². The van der Waals surface area contributed by atoms with E-state index in [0.717, 1.165) is 0 Å². The Hall–Kier alpha value is -2.48. The van der Waals surface area contributed by atoms with Gasteiger partial charge in [-0.3, -0.25) is 9.59 Å². The van der Waals surface area contributed by atoms with E-state index >= 15 is 0 Å². The van der Waals surface area contributed by atoms with Gasteiger partial charge in [0.15, 0.2) is 0 Å². The summed E-state index contributed by atoms with van der Waals surface area (Å²) in [7, 11) is 0. The maximum Gasteiger partial charge on any atom is 0.230 e. The number of hydrogen-bond acceptors (Lipinski definition) is 6. The van der Waals surface area contributed by atoms with Gasteiger partial charge in [0.1, 0.15) is 5.60 Å². The van der Waals surface area contributed by atoms with Crippen molar-refractivity contribution in [1.29, 1.82) is 0 Å². The molecule has 4 aliphatic heterocycles. The first-order chi connectivity index (χ1) is 14.3. The molecule has 0 N–H and O–H groups in total. The third-order valence-corrected chi connectivity index (χ3v) is 6.56. The monoisotopic (exact) mass is 411 g/mol. The lowest BCUT2D eigenvalue weighted by Crippen LogP contribution is -2.53. The molecule has 4 aliphatic rings. The molecule has 5 rings (SSSR count). The van der Waals surface area contributed by atoms with Gasteiger partial charge >= 0.3 is 0 Å². The number of piperazine rings is 1. The van der Waals surface area contributed by atoms with Crippen LogP contribution in [0.5, 0.6) is 0 Å². The summed E-state index contributed by atoms with van der Waals surface area (Å²) < 4.78 is 6.26. The Bertz CT molecular complexity index is 875. The molecule has 3 saturated heterocycles. The van der Waals surface area contributed by atoms with Gasteiger partial charge in [-0.1, -0.05) is 32.9 Å². The summed E-state index contributed by atoms with van der Waals surface area (Å²) in [5.41, 5.74) is -0.630. The van der Waals surface area contributed by atoms with Crippen LogP contribution in [0.1, 0.15) is 20.8 Å². The number of anilines is 1. The van der Waals surface area contributed by atoms with Crippen molar-refractivity contribution >= 4 is 17.8 Å². The van der Waals surface area contributed by atoms with Gasteiger partial charge < -0.3 is 19.4 Å². The molecule has 2 bridgehead atoms. The number of nitrogens with zero attached hydrogens (tertiary/aromatic N) is 5. The summed E-state index contributed by atoms with van der Waals surface area (Å²) in [5, 5.41) is 0. The van der Waals surface area contributed by atoms with Gasteiger partial charge in [0.2, 0.25) is 17.8 Å². The molecule has 1 aromatic heterocycles. The molecular formula is C22H29N5O3. The molecular weight excluding hydrogens is 382 g/mol. The third kappa shape index (κ3) is 3.09. The summed E-state index contributed by atoms with van der Waals surface area (Å²) in [6.45, 7) is 10.2. The number of likely N-dealkylation sites (tertiary alicyclic amines) is 1. The zero-order chi connectivity index (χ0) is 21.1. The highest BCUT2D eigenvalue weighted by Gasteiger charge is 2.67. The van der Waals surface area contributed by atoms with Crippen LogP contribution < -0.4 is 4.90 Å². The molecule has 30 heavy (non-hydrogen) atoms. The van der Waals surface area contributed by atoms with E-state index in [9.17, 15) is 9.59 Å². The molecule has 2 amide bonds. The Balaban J connectivity index is 1.30. The second-order valence-corrected chi connectivity index (χ2v) is 10.0. The topological polar surface area (TPSA) is 78.9 Å². The number of aromatic nitrogens is 2. The predicted octanol–water partition coefficient (Wildman–Crippen LogP) is 0.953. The molecule has 4 unspecified atom stereocenters. The SMILES string of the molecule is CC(C)(C)CN1CC23C=CC(O2)C(C(=O)N2CCN(c4ncccn4)CC2)C3C1=O. The van der Waals surface area contributed by atoms with E-state index in [1.807, 2.05) is 22.0 Å². The van der Waals surface area contributed by atoms with Crippen molar-refractivity contribution in [3.63, 3.8) is 0 Å². The van der Waals surface area contributed by atoms with Crippen molar-refractivity contribution in [2.24, 2.45) is 17.3 Å². The standard InChI is InChI=1S/C22H29N5O3/c1-21(2,3)13-27-14-22-6-5-15(30-22)16(17(22)19(27)29)18(28)25-9-11-26(12-10-25)20-23-7-4-8-24-20/h4-8,15-17H,9-14H2,1-3H3. The summed E-state index contributed by atoms with van der Waals surface area (Å²) in [6.07, 6.45) is 7.18. The molecule has 0 aliphatic carbocycles. The number of hydrogen-bond donors (Lipinski definition) is 0. The molecule has 0 radical (unpaired) electrons. The van der Waals surface area contributed by atoms with E-state index in [0.29, 0.717) is 45.2 Å². The minimum Gasteiger partial charge on any atom is -0.360 e. The van der Waals surface area contributed by atoms with Crippen LogP contribution in [0.2, 0.25) is 0 Å². The minimum absolute atomic E-state index is 0.00198. The Morgan fingerprint density at radius 1 is 1.20 bits per heavy atom. The molecule has 1 spiro atoms. The van der Waals surface area contributed by atoms with Crippen LogP contribution in [0.25, 0.3) is 0 Å². The van der Waals surface area contributed by atoms with Crippen LogP contribution in [-0.4, -0.2) is 82.6 Å². The molecule has 3 fully saturated rings. The molecule has 1 aromatic rings. The van der Waals surface area contributed by atoms with Gasteiger partial charge in [-0.15, -0.1) is 0 Å². The Labute approximate surface area is 176 Å². The highest BCUT2D eigenvalue weighted by atomic mass is 16.5. The summed E-state index contributed by atoms with van der Waals surface area (Å²) in [5.74, 6) is -0.0365. The number of amides is 2. The predicted molar refractivity (Wildman–Crippen MR) is 111 cm³/mol. The smallest absolute Gasteiger partial charge is 0.230 e. The van der Waals surface area contributed by atoms with E-state index < -0.39 is 17.4 Å². The number of carbonyl (C=O) groups is 2. The average Bonchev–Trinajstić information content (AvgIpc) is 3.35. The van der Waals surface area contributed by atoms with Crippen LogP contribution in [0.4, 0.5) is 5.95 Å². The fourth-order valence-electron chi connectivity index (χ4n) is 5.36. The zero-order valence-corrected chi connectivity index (χ0v) is 17.8. The summed E-state index contributed by atoms with van der Waals surface area (Å²) >= 11 is 0. The quantitative estimate of drug-likeness (QED) is 0.690. The van der Waals surface area contributed by atoms with E-state index in [4.69, 9.17) is 4.74 Å². The van der Waals surface area contributed by atoms with Crippen LogP contribution in [0.15, 0.2) is 30.6 Å². The first-order valence-electron chi connectivity index (χ1n) is 10.7. The Morgan fingerprint density at radius 2 is 1.90 bits per heavy atom. The normalized spacial score (nSPS) is 32.8. The lowest BCUT2D eigenvalue weighted by molar-refractivity contribution is -0.143. The van der Waals surface area contributed by atoms with Gasteiger partial charge in [-0.2, -0.15) is 0 Å². The first kappa shape index (κ1) is 19.5. The maximum absolute atomic E-state index is 13.5. The molecule has 8 nitrogen and oxygen atoms in total. The highest BCUT2D eigenvalue weighted by Crippen LogP contribution is 2.52. The fraction of sp³-hybridized carbons (Fsp3) is 0.636. The lowest BCUT2D eigenvalue weighted by Gasteiger charge is -2.37. The number of rotatable bonds is 3. The molecule has 0 saturated carbocycles. The lowest BCUT2D eigenvalue weighted by atomic mass is 9.76. The van der Waals surface area contributed by atoms with E-state index in [1.54, 1.807) is 18.5 Å².